The van der Waals surface area contributed by atoms with Crippen LogP contribution in [0.3, 0.4) is 0 Å². The lowest BCUT2D eigenvalue weighted by atomic mass is 9.93. The van der Waals surface area contributed by atoms with E-state index in [1.54, 1.807) is 0 Å². The van der Waals surface area contributed by atoms with Crippen molar-refractivity contribution in [2.75, 3.05) is 13.1 Å². The van der Waals surface area contributed by atoms with Gasteiger partial charge in [-0.3, -0.25) is 0 Å². The molecule has 0 bridgehead atoms. The Labute approximate surface area is 57.0 Å². The lowest BCUT2D eigenvalue weighted by Crippen LogP contribution is -2.78. The Morgan fingerprint density at radius 3 is 2.78 bits per heavy atom. The molecule has 0 spiro atoms. The Morgan fingerprint density at radius 2 is 2.33 bits per heavy atom. The van der Waals surface area contributed by atoms with Crippen LogP contribution in [-0.2, 0) is 0 Å². The standard InChI is InChI=1S/C7H16N2/c1-8-5-6-9-7-3-2-4-7/h7,9H,1-6,8H2. The smallest absolute Gasteiger partial charge is 0.0642 e. The summed E-state index contributed by atoms with van der Waals surface area (Å²) in [6.45, 7) is 2.23. The first-order chi connectivity index (χ1) is 4.43. The van der Waals surface area contributed by atoms with Crippen molar-refractivity contribution >= 4 is 0 Å². The third-order valence-electron chi connectivity index (χ3n) is 1.89. The molecule has 0 aromatic carbocycles. The Bertz CT molecular complexity index is 69.3. The van der Waals surface area contributed by atoms with Crippen LogP contribution in [0.1, 0.15) is 19.3 Å². The van der Waals surface area contributed by atoms with E-state index in [1.807, 2.05) is 5.32 Å². The van der Waals surface area contributed by atoms with Gasteiger partial charge in [-0.2, -0.15) is 7.05 Å². The van der Waals surface area contributed by atoms with Gasteiger partial charge in [-0.25, -0.2) is 0 Å². The van der Waals surface area contributed by atoms with E-state index in [-0.39, 0.29) is 0 Å². The van der Waals surface area contributed by atoms with Crippen molar-refractivity contribution in [3.63, 3.8) is 0 Å². The van der Waals surface area contributed by atoms with Crippen LogP contribution in [0.15, 0.2) is 0 Å². The van der Waals surface area contributed by atoms with E-state index in [2.05, 4.69) is 12.4 Å². The van der Waals surface area contributed by atoms with Crippen molar-refractivity contribution in [3.8, 4) is 0 Å². The first-order valence-corrected chi connectivity index (χ1v) is 3.78. The van der Waals surface area contributed by atoms with Crippen LogP contribution in [0.4, 0.5) is 0 Å². The molecule has 2 nitrogen and oxygen atoms in total. The summed E-state index contributed by atoms with van der Waals surface area (Å²) in [5, 5.41) is 5.41. The Morgan fingerprint density at radius 1 is 1.56 bits per heavy atom. The van der Waals surface area contributed by atoms with E-state index in [0.717, 1.165) is 19.1 Å². The Kier molecular flexibility index (Phi) is 3.01. The third kappa shape index (κ3) is 2.33. The summed E-state index contributed by atoms with van der Waals surface area (Å²) in [6, 6.07) is 0.838. The predicted octanol–water partition coefficient (Wildman–Crippen LogP) is -0.517. The molecule has 1 rings (SSSR count). The van der Waals surface area contributed by atoms with Gasteiger partial charge in [0, 0.05) is 12.6 Å². The van der Waals surface area contributed by atoms with Gasteiger partial charge in [0.1, 0.15) is 0 Å². The fourth-order valence-electron chi connectivity index (χ4n) is 1.00. The summed E-state index contributed by atoms with van der Waals surface area (Å²) in [5.41, 5.74) is 0. The first kappa shape index (κ1) is 7.03. The van der Waals surface area contributed by atoms with Crippen LogP contribution in [0, 0.1) is 7.05 Å². The second kappa shape index (κ2) is 3.85. The molecule has 0 aromatic heterocycles. The van der Waals surface area contributed by atoms with Crippen molar-refractivity contribution in [2.24, 2.45) is 0 Å². The molecule has 1 aliphatic rings. The second-order valence-electron chi connectivity index (χ2n) is 2.66. The van der Waals surface area contributed by atoms with Gasteiger partial charge in [0.25, 0.3) is 0 Å². The minimum absolute atomic E-state index is 0.838. The van der Waals surface area contributed by atoms with Crippen LogP contribution in [0.25, 0.3) is 0 Å². The summed E-state index contributed by atoms with van der Waals surface area (Å²) >= 11 is 0. The van der Waals surface area contributed by atoms with E-state index < -0.39 is 0 Å². The van der Waals surface area contributed by atoms with Gasteiger partial charge in [-0.1, -0.05) is 6.42 Å². The van der Waals surface area contributed by atoms with Gasteiger partial charge in [0.05, 0.1) is 6.54 Å². The monoisotopic (exact) mass is 128 g/mol. The fraction of sp³-hybridized carbons (Fsp3) is 0.857. The topological polar surface area (TPSA) is 28.6 Å². The highest BCUT2D eigenvalue weighted by Gasteiger charge is 2.15. The zero-order valence-corrected chi connectivity index (χ0v) is 5.90. The molecule has 0 heterocycles. The number of nitrogens with two attached hydrogens (primary N) is 1. The molecule has 0 radical (unpaired) electrons. The average molecular weight is 128 g/mol. The Balaban J connectivity index is 1.80. The number of quaternary nitrogens is 1. The number of hydrogen-bond acceptors (Lipinski definition) is 1. The molecular formula is C7H16N2. The molecule has 0 aliphatic heterocycles. The summed E-state index contributed by atoms with van der Waals surface area (Å²) in [5.74, 6) is 0. The highest BCUT2D eigenvalue weighted by Crippen LogP contribution is 2.17. The lowest BCUT2D eigenvalue weighted by molar-refractivity contribution is -0.593. The van der Waals surface area contributed by atoms with Crippen molar-refractivity contribution in [1.82, 2.24) is 5.32 Å². The number of hydrogen-bond donors (Lipinski definition) is 2. The molecular weight excluding hydrogens is 112 g/mol. The summed E-state index contributed by atoms with van der Waals surface area (Å²) in [6.07, 6.45) is 4.19. The Hall–Kier alpha value is -0.0800. The third-order valence-corrected chi connectivity index (χ3v) is 1.89. The highest BCUT2D eigenvalue weighted by atomic mass is 15.0. The van der Waals surface area contributed by atoms with E-state index >= 15 is 0 Å². The minimum atomic E-state index is 0.838. The summed E-state index contributed by atoms with van der Waals surface area (Å²) in [7, 11) is 3.66. The number of rotatable bonds is 4. The highest BCUT2D eigenvalue weighted by molar-refractivity contribution is 4.75. The molecule has 9 heavy (non-hydrogen) atoms. The SMILES string of the molecule is [CH2-][NH2+]CCNC1CCC1. The van der Waals surface area contributed by atoms with Gasteiger partial charge >= 0.3 is 0 Å². The van der Waals surface area contributed by atoms with Gasteiger partial charge in [0.15, 0.2) is 0 Å². The summed E-state index contributed by atoms with van der Waals surface area (Å²) < 4.78 is 0. The predicted molar refractivity (Wildman–Crippen MR) is 37.8 cm³/mol. The quantitative estimate of drug-likeness (QED) is 0.387. The van der Waals surface area contributed by atoms with Crippen molar-refractivity contribution in [1.29, 1.82) is 0 Å². The molecule has 1 saturated carbocycles. The number of nitrogens with one attached hydrogen (secondary N) is 1. The van der Waals surface area contributed by atoms with Crippen molar-refractivity contribution in [3.05, 3.63) is 7.05 Å². The van der Waals surface area contributed by atoms with Gasteiger partial charge in [-0.15, -0.1) is 0 Å². The maximum Gasteiger partial charge on any atom is 0.0642 e. The fourth-order valence-corrected chi connectivity index (χ4v) is 1.00. The largest absolute Gasteiger partial charge is 0.478 e. The van der Waals surface area contributed by atoms with E-state index in [4.69, 9.17) is 0 Å². The molecule has 1 fully saturated rings. The molecule has 0 atom stereocenters. The molecule has 2 heteroatoms. The van der Waals surface area contributed by atoms with Crippen molar-refractivity contribution < 1.29 is 5.32 Å². The van der Waals surface area contributed by atoms with Gasteiger partial charge < -0.3 is 10.6 Å². The molecule has 1 aliphatic carbocycles. The second-order valence-corrected chi connectivity index (χ2v) is 2.66. The minimum Gasteiger partial charge on any atom is -0.478 e. The van der Waals surface area contributed by atoms with Crippen LogP contribution >= 0.6 is 0 Å². The van der Waals surface area contributed by atoms with E-state index in [0.29, 0.717) is 0 Å². The maximum atomic E-state index is 3.66. The summed E-state index contributed by atoms with van der Waals surface area (Å²) in [4.78, 5) is 0. The van der Waals surface area contributed by atoms with Crippen LogP contribution in [-0.4, -0.2) is 19.1 Å². The molecule has 0 unspecified atom stereocenters. The zero-order chi connectivity index (χ0) is 6.53. The molecule has 0 saturated heterocycles. The van der Waals surface area contributed by atoms with Crippen LogP contribution in [0.2, 0.25) is 0 Å². The van der Waals surface area contributed by atoms with Crippen LogP contribution in [0.5, 0.6) is 0 Å². The lowest BCUT2D eigenvalue weighted by Gasteiger charge is -2.26. The van der Waals surface area contributed by atoms with E-state index in [9.17, 15) is 0 Å². The van der Waals surface area contributed by atoms with Gasteiger partial charge in [-0.05, 0) is 12.8 Å². The zero-order valence-electron chi connectivity index (χ0n) is 5.90. The average Bonchev–Trinajstić information content (AvgIpc) is 1.76. The van der Waals surface area contributed by atoms with Crippen molar-refractivity contribution in [2.45, 2.75) is 25.3 Å². The molecule has 0 amide bonds. The van der Waals surface area contributed by atoms with Gasteiger partial charge in [0.2, 0.25) is 0 Å². The first-order valence-electron chi connectivity index (χ1n) is 3.78. The molecule has 54 valence electrons. The molecule has 3 N–H and O–H groups in total. The van der Waals surface area contributed by atoms with E-state index in [1.165, 1.54) is 19.3 Å². The maximum absolute atomic E-state index is 3.66. The normalized spacial score (nSPS) is 19.7. The van der Waals surface area contributed by atoms with Crippen LogP contribution < -0.4 is 10.6 Å². The molecule has 0 aromatic rings.